The lowest BCUT2D eigenvalue weighted by molar-refractivity contribution is 0.638. The monoisotopic (exact) mass is 209 g/mol. The summed E-state index contributed by atoms with van der Waals surface area (Å²) in [4.78, 5) is 0. The van der Waals surface area contributed by atoms with Crippen molar-refractivity contribution >= 4 is 11.6 Å². The first-order chi connectivity index (χ1) is 6.88. The summed E-state index contributed by atoms with van der Waals surface area (Å²) in [5.41, 5.74) is 2.54. The molecule has 0 aliphatic heterocycles. The van der Waals surface area contributed by atoms with Gasteiger partial charge in [-0.25, -0.2) is 0 Å². The summed E-state index contributed by atoms with van der Waals surface area (Å²) >= 11 is 5.77. The van der Waals surface area contributed by atoms with E-state index in [0.717, 1.165) is 12.5 Å². The highest BCUT2D eigenvalue weighted by Gasteiger charge is 2.19. The van der Waals surface area contributed by atoms with E-state index in [0.29, 0.717) is 5.88 Å². The van der Waals surface area contributed by atoms with Gasteiger partial charge >= 0.3 is 0 Å². The van der Waals surface area contributed by atoms with Gasteiger partial charge in [-0.3, -0.25) is 0 Å². The molecule has 1 aliphatic rings. The smallest absolute Gasteiger partial charge is 0.0474 e. The van der Waals surface area contributed by atoms with Gasteiger partial charge in [-0.15, -0.1) is 11.6 Å². The van der Waals surface area contributed by atoms with Crippen molar-refractivity contribution in [3.63, 3.8) is 0 Å². The van der Waals surface area contributed by atoms with E-state index in [-0.39, 0.29) is 0 Å². The molecule has 1 aromatic rings. The first kappa shape index (κ1) is 10.0. The van der Waals surface area contributed by atoms with Crippen molar-refractivity contribution in [3.8, 4) is 0 Å². The zero-order chi connectivity index (χ0) is 9.80. The van der Waals surface area contributed by atoms with Crippen LogP contribution in [0.1, 0.15) is 24.0 Å². The van der Waals surface area contributed by atoms with Gasteiger partial charge in [-0.1, -0.05) is 24.3 Å². The van der Waals surface area contributed by atoms with Crippen LogP contribution in [0.4, 0.5) is 0 Å². The topological polar surface area (TPSA) is 12.0 Å². The van der Waals surface area contributed by atoms with Gasteiger partial charge in [0.15, 0.2) is 0 Å². The average molecular weight is 210 g/mol. The third-order valence-corrected chi connectivity index (χ3v) is 2.91. The summed E-state index contributed by atoms with van der Waals surface area (Å²) in [5, 5.41) is 3.47. The molecule has 0 heterocycles. The van der Waals surface area contributed by atoms with Crippen LogP contribution in [0.5, 0.6) is 0 Å². The largest absolute Gasteiger partial charge is 0.312 e. The van der Waals surface area contributed by atoms with Gasteiger partial charge in [-0.05, 0) is 36.4 Å². The molecule has 0 aromatic heterocycles. The lowest BCUT2D eigenvalue weighted by atomic mass is 10.1. The van der Waals surface area contributed by atoms with Crippen molar-refractivity contribution in [1.29, 1.82) is 0 Å². The van der Waals surface area contributed by atoms with E-state index in [9.17, 15) is 0 Å². The molecule has 1 fully saturated rings. The molecule has 1 saturated carbocycles. The van der Waals surface area contributed by atoms with Gasteiger partial charge in [0.25, 0.3) is 0 Å². The fraction of sp³-hybridized carbons (Fsp3) is 0.500. The van der Waals surface area contributed by atoms with Gasteiger partial charge in [0.1, 0.15) is 0 Å². The Kier molecular flexibility index (Phi) is 3.44. The Bertz CT molecular complexity index is 294. The third kappa shape index (κ3) is 3.00. The van der Waals surface area contributed by atoms with E-state index < -0.39 is 0 Å². The zero-order valence-corrected chi connectivity index (χ0v) is 9.06. The predicted molar refractivity (Wildman–Crippen MR) is 60.4 cm³/mol. The molecule has 0 amide bonds. The first-order valence-electron chi connectivity index (χ1n) is 5.23. The molecule has 1 aromatic carbocycles. The van der Waals surface area contributed by atoms with Gasteiger partial charge in [0, 0.05) is 12.4 Å². The van der Waals surface area contributed by atoms with Crippen LogP contribution in [0.3, 0.4) is 0 Å². The Labute approximate surface area is 90.5 Å². The fourth-order valence-corrected chi connectivity index (χ4v) is 1.73. The van der Waals surface area contributed by atoms with Crippen LogP contribution < -0.4 is 5.32 Å². The summed E-state index contributed by atoms with van der Waals surface area (Å²) < 4.78 is 0. The maximum absolute atomic E-state index is 5.77. The van der Waals surface area contributed by atoms with Gasteiger partial charge in [0.05, 0.1) is 0 Å². The van der Waals surface area contributed by atoms with Crippen molar-refractivity contribution < 1.29 is 0 Å². The maximum atomic E-state index is 5.77. The van der Waals surface area contributed by atoms with E-state index >= 15 is 0 Å². The number of hydrogen-bond acceptors (Lipinski definition) is 1. The molecule has 0 unspecified atom stereocenters. The van der Waals surface area contributed by atoms with Crippen LogP contribution in [0.25, 0.3) is 0 Å². The summed E-state index contributed by atoms with van der Waals surface area (Å²) in [6.45, 7) is 2.15. The number of rotatable bonds is 5. The highest BCUT2D eigenvalue weighted by molar-refractivity contribution is 6.17. The van der Waals surface area contributed by atoms with E-state index in [1.54, 1.807) is 0 Å². The standard InChI is InChI=1S/C12H16ClN/c13-7-11-2-1-3-12(6-11)9-14-8-10-4-5-10/h1-3,6,10,14H,4-5,7-9H2. The van der Waals surface area contributed by atoms with Crippen LogP contribution in [-0.4, -0.2) is 6.54 Å². The van der Waals surface area contributed by atoms with Crippen molar-refractivity contribution in [1.82, 2.24) is 5.32 Å². The second kappa shape index (κ2) is 4.81. The van der Waals surface area contributed by atoms with Crippen LogP contribution in [-0.2, 0) is 12.4 Å². The lowest BCUT2D eigenvalue weighted by Crippen LogP contribution is -2.16. The quantitative estimate of drug-likeness (QED) is 0.736. The fourth-order valence-electron chi connectivity index (χ4n) is 1.57. The SMILES string of the molecule is ClCc1cccc(CNCC2CC2)c1. The normalized spacial score (nSPS) is 15.8. The summed E-state index contributed by atoms with van der Waals surface area (Å²) in [6, 6.07) is 8.46. The van der Waals surface area contributed by atoms with Gasteiger partial charge in [-0.2, -0.15) is 0 Å². The molecular weight excluding hydrogens is 194 g/mol. The molecule has 14 heavy (non-hydrogen) atoms. The minimum atomic E-state index is 0.608. The van der Waals surface area contributed by atoms with E-state index in [2.05, 4.69) is 29.6 Å². The van der Waals surface area contributed by atoms with E-state index in [4.69, 9.17) is 11.6 Å². The molecule has 1 nitrogen and oxygen atoms in total. The Morgan fingerprint density at radius 2 is 2.07 bits per heavy atom. The number of hydrogen-bond donors (Lipinski definition) is 1. The second-order valence-corrected chi connectivity index (χ2v) is 4.30. The summed E-state index contributed by atoms with van der Waals surface area (Å²) in [5.74, 6) is 1.56. The van der Waals surface area contributed by atoms with Crippen LogP contribution in [0, 0.1) is 5.92 Å². The average Bonchev–Trinajstić information content (AvgIpc) is 3.02. The molecular formula is C12H16ClN. The highest BCUT2D eigenvalue weighted by atomic mass is 35.5. The van der Waals surface area contributed by atoms with E-state index in [1.165, 1.54) is 30.5 Å². The van der Waals surface area contributed by atoms with Crippen molar-refractivity contribution in [2.24, 2.45) is 5.92 Å². The zero-order valence-electron chi connectivity index (χ0n) is 8.30. The number of alkyl halides is 1. The van der Waals surface area contributed by atoms with E-state index in [1.807, 2.05) is 0 Å². The number of benzene rings is 1. The minimum absolute atomic E-state index is 0.608. The van der Waals surface area contributed by atoms with Gasteiger partial charge in [0.2, 0.25) is 0 Å². The minimum Gasteiger partial charge on any atom is -0.312 e. The molecule has 2 heteroatoms. The Morgan fingerprint density at radius 1 is 1.29 bits per heavy atom. The lowest BCUT2D eigenvalue weighted by Gasteiger charge is -2.04. The van der Waals surface area contributed by atoms with Crippen molar-refractivity contribution in [2.45, 2.75) is 25.3 Å². The molecule has 0 atom stereocenters. The number of halogens is 1. The summed E-state index contributed by atoms with van der Waals surface area (Å²) in [7, 11) is 0. The number of nitrogens with one attached hydrogen (secondary N) is 1. The van der Waals surface area contributed by atoms with Gasteiger partial charge < -0.3 is 5.32 Å². The molecule has 2 rings (SSSR count). The predicted octanol–water partition coefficient (Wildman–Crippen LogP) is 2.93. The molecule has 0 spiro atoms. The molecule has 76 valence electrons. The third-order valence-electron chi connectivity index (χ3n) is 2.60. The molecule has 1 N–H and O–H groups in total. The highest BCUT2D eigenvalue weighted by Crippen LogP contribution is 2.27. The molecule has 1 aliphatic carbocycles. The van der Waals surface area contributed by atoms with Crippen molar-refractivity contribution in [3.05, 3.63) is 35.4 Å². The molecule has 0 bridgehead atoms. The van der Waals surface area contributed by atoms with Crippen LogP contribution in [0.2, 0.25) is 0 Å². The second-order valence-electron chi connectivity index (χ2n) is 4.03. The maximum Gasteiger partial charge on any atom is 0.0474 e. The van der Waals surface area contributed by atoms with Crippen molar-refractivity contribution in [2.75, 3.05) is 6.54 Å². The first-order valence-corrected chi connectivity index (χ1v) is 5.76. The molecule has 0 saturated heterocycles. The Hall–Kier alpha value is -0.530. The van der Waals surface area contributed by atoms with Crippen LogP contribution in [0.15, 0.2) is 24.3 Å². The summed E-state index contributed by atoms with van der Waals surface area (Å²) in [6.07, 6.45) is 2.82. The Balaban J connectivity index is 1.81. The molecule has 0 radical (unpaired) electrons. The Morgan fingerprint density at radius 3 is 2.79 bits per heavy atom. The van der Waals surface area contributed by atoms with Crippen LogP contribution >= 0.6 is 11.6 Å².